The summed E-state index contributed by atoms with van der Waals surface area (Å²) in [7, 11) is 0. The first-order chi connectivity index (χ1) is 8.52. The van der Waals surface area contributed by atoms with Gasteiger partial charge in [-0.2, -0.15) is 5.10 Å². The van der Waals surface area contributed by atoms with Crippen LogP contribution in [0.2, 0.25) is 0 Å². The summed E-state index contributed by atoms with van der Waals surface area (Å²) in [6.07, 6.45) is -4.37. The topological polar surface area (TPSA) is 105 Å². The molecule has 1 aromatic rings. The van der Waals surface area contributed by atoms with Crippen molar-refractivity contribution < 1.29 is 20.4 Å². The van der Waals surface area contributed by atoms with Crippen molar-refractivity contribution in [1.82, 2.24) is 0 Å². The molecule has 0 bridgehead atoms. The van der Waals surface area contributed by atoms with Gasteiger partial charge < -0.3 is 20.4 Å². The van der Waals surface area contributed by atoms with E-state index in [4.69, 9.17) is 5.11 Å². The van der Waals surface area contributed by atoms with E-state index < -0.39 is 24.4 Å². The van der Waals surface area contributed by atoms with Crippen molar-refractivity contribution in [1.29, 1.82) is 0 Å². The number of anilines is 1. The molecule has 6 nitrogen and oxygen atoms in total. The number of aliphatic hydroxyl groups is 4. The highest BCUT2D eigenvalue weighted by Gasteiger charge is 2.26. The van der Waals surface area contributed by atoms with Crippen LogP contribution in [-0.4, -0.2) is 51.1 Å². The summed E-state index contributed by atoms with van der Waals surface area (Å²) in [5, 5.41) is 41.1. The van der Waals surface area contributed by atoms with Crippen molar-refractivity contribution in [2.24, 2.45) is 5.10 Å². The summed E-state index contributed by atoms with van der Waals surface area (Å²) in [5.41, 5.74) is 3.38. The Hall–Kier alpha value is -1.47. The Labute approximate surface area is 105 Å². The molecular weight excluding hydrogens is 236 g/mol. The van der Waals surface area contributed by atoms with E-state index in [1.807, 2.05) is 18.2 Å². The Bertz CT molecular complexity index is 370. The van der Waals surface area contributed by atoms with E-state index in [1.165, 1.54) is 6.92 Å². The summed E-state index contributed by atoms with van der Waals surface area (Å²) < 4.78 is 0. The van der Waals surface area contributed by atoms with Crippen molar-refractivity contribution in [3.63, 3.8) is 0 Å². The third-order valence-electron chi connectivity index (χ3n) is 2.39. The molecule has 1 rings (SSSR count). The normalized spacial score (nSPS) is 18.3. The molecule has 0 amide bonds. The van der Waals surface area contributed by atoms with Gasteiger partial charge in [0.25, 0.3) is 0 Å². The van der Waals surface area contributed by atoms with Crippen molar-refractivity contribution in [2.75, 3.05) is 5.43 Å². The first-order valence-corrected chi connectivity index (χ1v) is 5.59. The lowest BCUT2D eigenvalue weighted by Gasteiger charge is -2.22. The van der Waals surface area contributed by atoms with Crippen molar-refractivity contribution in [2.45, 2.75) is 31.3 Å². The van der Waals surface area contributed by atoms with Crippen LogP contribution >= 0.6 is 0 Å². The minimum Gasteiger partial charge on any atom is -0.391 e. The molecule has 1 aromatic carbocycles. The molecule has 0 unspecified atom stereocenters. The van der Waals surface area contributed by atoms with Crippen molar-refractivity contribution in [3.05, 3.63) is 30.3 Å². The third-order valence-corrected chi connectivity index (χ3v) is 2.39. The largest absolute Gasteiger partial charge is 0.391 e. The fourth-order valence-electron chi connectivity index (χ4n) is 1.28. The van der Waals surface area contributed by atoms with Crippen LogP contribution in [0.1, 0.15) is 6.92 Å². The molecule has 0 aliphatic rings. The lowest BCUT2D eigenvalue weighted by molar-refractivity contribution is -0.0820. The van der Waals surface area contributed by atoms with Gasteiger partial charge in [-0.3, -0.25) is 5.43 Å². The molecule has 18 heavy (non-hydrogen) atoms. The molecule has 100 valence electrons. The van der Waals surface area contributed by atoms with Crippen LogP contribution in [0.25, 0.3) is 0 Å². The van der Waals surface area contributed by atoms with Crippen LogP contribution in [-0.2, 0) is 0 Å². The molecule has 0 aromatic heterocycles. The fraction of sp³-hybridized carbons (Fsp3) is 0.417. The predicted molar refractivity (Wildman–Crippen MR) is 68.3 cm³/mol. The fourth-order valence-corrected chi connectivity index (χ4v) is 1.28. The van der Waals surface area contributed by atoms with Crippen LogP contribution < -0.4 is 5.43 Å². The predicted octanol–water partition coefficient (Wildman–Crippen LogP) is -0.452. The smallest absolute Gasteiger partial charge is 0.119 e. The van der Waals surface area contributed by atoms with E-state index in [9.17, 15) is 15.3 Å². The molecule has 4 atom stereocenters. The molecule has 0 aliphatic heterocycles. The van der Waals surface area contributed by atoms with Crippen molar-refractivity contribution >= 4 is 11.9 Å². The Morgan fingerprint density at radius 3 is 2.22 bits per heavy atom. The number of rotatable bonds is 6. The van der Waals surface area contributed by atoms with Crippen LogP contribution in [0.5, 0.6) is 0 Å². The van der Waals surface area contributed by atoms with Crippen LogP contribution in [0.15, 0.2) is 35.4 Å². The molecule has 6 heteroatoms. The Morgan fingerprint density at radius 1 is 1.06 bits per heavy atom. The van der Waals surface area contributed by atoms with E-state index in [0.717, 1.165) is 11.9 Å². The molecule has 0 fully saturated rings. The van der Waals surface area contributed by atoms with Gasteiger partial charge in [0.1, 0.15) is 18.3 Å². The maximum absolute atomic E-state index is 9.50. The number of nitrogens with zero attached hydrogens (tertiary/aromatic N) is 1. The molecule has 0 radical (unpaired) electrons. The summed E-state index contributed by atoms with van der Waals surface area (Å²) in [6, 6.07) is 9.06. The first kappa shape index (κ1) is 14.6. The molecule has 0 aliphatic carbocycles. The number of benzene rings is 1. The zero-order chi connectivity index (χ0) is 13.5. The summed E-state index contributed by atoms with van der Waals surface area (Å²) >= 11 is 0. The van der Waals surface area contributed by atoms with Gasteiger partial charge in [0.15, 0.2) is 0 Å². The molecule has 5 N–H and O–H groups in total. The minimum absolute atomic E-state index is 0.728. The van der Waals surface area contributed by atoms with E-state index >= 15 is 0 Å². The highest BCUT2D eigenvalue weighted by Crippen LogP contribution is 2.06. The average Bonchev–Trinajstić information content (AvgIpc) is 2.38. The molecule has 0 spiro atoms. The number of hydrogen-bond acceptors (Lipinski definition) is 6. The Kier molecular flexibility index (Phi) is 5.73. The van der Waals surface area contributed by atoms with E-state index in [-0.39, 0.29) is 0 Å². The number of para-hydroxylation sites is 1. The molecule has 0 heterocycles. The summed E-state index contributed by atoms with van der Waals surface area (Å²) in [6.45, 7) is 1.32. The van der Waals surface area contributed by atoms with Crippen LogP contribution in [0.3, 0.4) is 0 Å². The van der Waals surface area contributed by atoms with Gasteiger partial charge in [-0.15, -0.1) is 0 Å². The van der Waals surface area contributed by atoms with E-state index in [0.29, 0.717) is 0 Å². The van der Waals surface area contributed by atoms with Gasteiger partial charge in [0, 0.05) is 0 Å². The van der Waals surface area contributed by atoms with Gasteiger partial charge in [-0.25, -0.2) is 0 Å². The first-order valence-electron chi connectivity index (χ1n) is 5.59. The van der Waals surface area contributed by atoms with Crippen molar-refractivity contribution in [3.8, 4) is 0 Å². The maximum atomic E-state index is 9.50. The lowest BCUT2D eigenvalue weighted by Crippen LogP contribution is -2.44. The highest BCUT2D eigenvalue weighted by molar-refractivity contribution is 5.65. The third kappa shape index (κ3) is 4.42. The number of nitrogens with one attached hydrogen (secondary N) is 1. The summed E-state index contributed by atoms with van der Waals surface area (Å²) in [4.78, 5) is 0. The minimum atomic E-state index is -1.49. The Morgan fingerprint density at radius 2 is 1.67 bits per heavy atom. The van der Waals surface area contributed by atoms with Gasteiger partial charge in [0.05, 0.1) is 18.0 Å². The van der Waals surface area contributed by atoms with Gasteiger partial charge >= 0.3 is 0 Å². The molecular formula is C12H18N2O4. The maximum Gasteiger partial charge on any atom is 0.119 e. The number of hydrogen-bond donors (Lipinski definition) is 5. The monoisotopic (exact) mass is 254 g/mol. The molecule has 0 saturated carbocycles. The summed E-state index contributed by atoms with van der Waals surface area (Å²) in [5.74, 6) is 0. The second-order valence-electron chi connectivity index (χ2n) is 3.97. The highest BCUT2D eigenvalue weighted by atomic mass is 16.4. The van der Waals surface area contributed by atoms with E-state index in [2.05, 4.69) is 10.5 Å². The van der Waals surface area contributed by atoms with Crippen LogP contribution in [0.4, 0.5) is 5.69 Å². The standard InChI is InChI=1S/C12H18N2O4/c1-8(15)11(17)12(18)10(16)7-13-14-9-5-3-2-4-6-9/h2-8,10-12,14-18H,1H3/t8-,10-,11-,12-/m1/s1. The van der Waals surface area contributed by atoms with Gasteiger partial charge in [0.2, 0.25) is 0 Å². The second-order valence-corrected chi connectivity index (χ2v) is 3.97. The SMILES string of the molecule is C[C@@H](O)[C@@H](O)[C@H](O)[C@H](O)C=NNc1ccccc1. The number of aliphatic hydroxyl groups excluding tert-OH is 4. The zero-order valence-corrected chi connectivity index (χ0v) is 10.0. The quantitative estimate of drug-likeness (QED) is 0.349. The van der Waals surface area contributed by atoms with E-state index in [1.54, 1.807) is 12.1 Å². The van der Waals surface area contributed by atoms with Gasteiger partial charge in [-0.05, 0) is 19.1 Å². The van der Waals surface area contributed by atoms with Crippen LogP contribution in [0, 0.1) is 0 Å². The number of hydrazone groups is 1. The molecule has 0 saturated heterocycles. The van der Waals surface area contributed by atoms with Gasteiger partial charge in [-0.1, -0.05) is 18.2 Å². The zero-order valence-electron chi connectivity index (χ0n) is 10.0. The second kappa shape index (κ2) is 7.07. The average molecular weight is 254 g/mol. The Balaban J connectivity index is 2.47. The lowest BCUT2D eigenvalue weighted by atomic mass is 10.1.